The Hall–Kier alpha value is -1.51. The molecule has 1 aromatic carbocycles. The number of esters is 1. The molecule has 0 atom stereocenters. The number of hydrogen-bond donors (Lipinski definition) is 0. The van der Waals surface area contributed by atoms with Gasteiger partial charge >= 0.3 is 5.97 Å². The van der Waals surface area contributed by atoms with Crippen molar-refractivity contribution in [2.75, 3.05) is 13.2 Å². The molecule has 0 saturated heterocycles. The molecule has 1 aromatic rings. The van der Waals surface area contributed by atoms with E-state index in [1.165, 1.54) is 0 Å². The molecule has 0 unspecified atom stereocenters. The first kappa shape index (κ1) is 13.6. The summed E-state index contributed by atoms with van der Waals surface area (Å²) in [5.74, 6) is 0.577. The molecule has 0 aromatic heterocycles. The van der Waals surface area contributed by atoms with Gasteiger partial charge in [0.25, 0.3) is 0 Å². The fourth-order valence-electron chi connectivity index (χ4n) is 1.48. The van der Waals surface area contributed by atoms with Crippen LogP contribution in [0.15, 0.2) is 24.3 Å². The Bertz CT molecular complexity index is 347. The van der Waals surface area contributed by atoms with Crippen molar-refractivity contribution in [3.05, 3.63) is 29.8 Å². The second kappa shape index (κ2) is 7.71. The normalized spacial score (nSPS) is 10.0. The number of unbranched alkanes of at least 4 members (excludes halogenated alkanes) is 1. The summed E-state index contributed by atoms with van der Waals surface area (Å²) in [5.41, 5.74) is 0.885. The number of benzene rings is 1. The van der Waals surface area contributed by atoms with E-state index in [2.05, 4.69) is 6.92 Å². The van der Waals surface area contributed by atoms with E-state index in [1.807, 2.05) is 31.2 Å². The number of hydrogen-bond acceptors (Lipinski definition) is 3. The number of carbonyl (C=O) groups excluding carboxylic acids is 1. The Kier molecular flexibility index (Phi) is 6.15. The van der Waals surface area contributed by atoms with Gasteiger partial charge in [0.05, 0.1) is 19.6 Å². The lowest BCUT2D eigenvalue weighted by molar-refractivity contribution is -0.142. The van der Waals surface area contributed by atoms with E-state index in [0.29, 0.717) is 13.2 Å². The van der Waals surface area contributed by atoms with E-state index >= 15 is 0 Å². The molecule has 3 heteroatoms. The fourth-order valence-corrected chi connectivity index (χ4v) is 1.48. The second-order valence-corrected chi connectivity index (χ2v) is 3.79. The summed E-state index contributed by atoms with van der Waals surface area (Å²) in [6, 6.07) is 7.57. The van der Waals surface area contributed by atoms with E-state index in [1.54, 1.807) is 0 Å². The molecule has 0 amide bonds. The highest BCUT2D eigenvalue weighted by Gasteiger charge is 2.09. The fraction of sp³-hybridized carbons (Fsp3) is 0.500. The van der Waals surface area contributed by atoms with Gasteiger partial charge < -0.3 is 9.47 Å². The van der Waals surface area contributed by atoms with Gasteiger partial charge in [-0.3, -0.25) is 4.79 Å². The average Bonchev–Trinajstić information content (AvgIpc) is 2.32. The van der Waals surface area contributed by atoms with E-state index in [9.17, 15) is 4.79 Å². The first-order valence-corrected chi connectivity index (χ1v) is 6.14. The monoisotopic (exact) mass is 236 g/mol. The Morgan fingerprint density at radius 2 is 2.00 bits per heavy atom. The van der Waals surface area contributed by atoms with Crippen LogP contribution in [-0.4, -0.2) is 19.2 Å². The zero-order valence-corrected chi connectivity index (χ0v) is 10.6. The predicted molar refractivity (Wildman–Crippen MR) is 67.2 cm³/mol. The Labute approximate surface area is 103 Å². The minimum absolute atomic E-state index is 0.189. The molecule has 1 rings (SSSR count). The maximum Gasteiger partial charge on any atom is 0.310 e. The number of rotatable bonds is 7. The quantitative estimate of drug-likeness (QED) is 0.539. The highest BCUT2D eigenvalue weighted by molar-refractivity contribution is 5.73. The van der Waals surface area contributed by atoms with Crippen LogP contribution in [0.25, 0.3) is 0 Å². The van der Waals surface area contributed by atoms with Gasteiger partial charge in [0.1, 0.15) is 5.75 Å². The average molecular weight is 236 g/mol. The lowest BCUT2D eigenvalue weighted by Crippen LogP contribution is -2.10. The van der Waals surface area contributed by atoms with Crippen LogP contribution < -0.4 is 4.74 Å². The van der Waals surface area contributed by atoms with Gasteiger partial charge in [-0.15, -0.1) is 0 Å². The maximum atomic E-state index is 11.6. The summed E-state index contributed by atoms with van der Waals surface area (Å²) in [4.78, 5) is 11.6. The highest BCUT2D eigenvalue weighted by atomic mass is 16.5. The van der Waals surface area contributed by atoms with E-state index in [-0.39, 0.29) is 12.4 Å². The van der Waals surface area contributed by atoms with E-state index < -0.39 is 0 Å². The molecular weight excluding hydrogens is 216 g/mol. The molecule has 0 radical (unpaired) electrons. The number of para-hydroxylation sites is 1. The van der Waals surface area contributed by atoms with Crippen LogP contribution in [-0.2, 0) is 16.0 Å². The van der Waals surface area contributed by atoms with Crippen LogP contribution in [0.3, 0.4) is 0 Å². The summed E-state index contributed by atoms with van der Waals surface area (Å²) in [6.07, 6.45) is 2.22. The molecule has 0 N–H and O–H groups in total. The minimum Gasteiger partial charge on any atom is -0.494 e. The van der Waals surface area contributed by atoms with Gasteiger partial charge in [0, 0.05) is 5.56 Å². The van der Waals surface area contributed by atoms with Gasteiger partial charge in [-0.2, -0.15) is 0 Å². The second-order valence-electron chi connectivity index (χ2n) is 3.79. The zero-order valence-electron chi connectivity index (χ0n) is 10.6. The van der Waals surface area contributed by atoms with Crippen LogP contribution in [0.2, 0.25) is 0 Å². The number of carbonyl (C=O) groups is 1. The predicted octanol–water partition coefficient (Wildman–Crippen LogP) is 2.97. The summed E-state index contributed by atoms with van der Waals surface area (Å²) >= 11 is 0. The SMILES string of the molecule is CCCCOC(=O)Cc1ccccc1OCC. The summed E-state index contributed by atoms with van der Waals surface area (Å²) in [5, 5.41) is 0. The third kappa shape index (κ3) is 4.89. The molecule has 3 nitrogen and oxygen atoms in total. The Morgan fingerprint density at radius 1 is 1.24 bits per heavy atom. The lowest BCUT2D eigenvalue weighted by atomic mass is 10.1. The van der Waals surface area contributed by atoms with Crippen molar-refractivity contribution in [1.29, 1.82) is 0 Å². The van der Waals surface area contributed by atoms with Crippen LogP contribution in [0.5, 0.6) is 5.75 Å². The molecule has 0 heterocycles. The van der Waals surface area contributed by atoms with Gasteiger partial charge in [0.2, 0.25) is 0 Å². The molecular formula is C14H20O3. The Morgan fingerprint density at radius 3 is 2.71 bits per heavy atom. The minimum atomic E-state index is -0.189. The van der Waals surface area contributed by atoms with Crippen molar-refractivity contribution in [1.82, 2.24) is 0 Å². The molecule has 0 fully saturated rings. The lowest BCUT2D eigenvalue weighted by Gasteiger charge is -2.09. The molecule has 0 spiro atoms. The first-order valence-electron chi connectivity index (χ1n) is 6.14. The maximum absolute atomic E-state index is 11.6. The van der Waals surface area contributed by atoms with Crippen LogP contribution in [0.4, 0.5) is 0 Å². The Balaban J connectivity index is 2.52. The van der Waals surface area contributed by atoms with Crippen molar-refractivity contribution in [3.8, 4) is 5.75 Å². The van der Waals surface area contributed by atoms with Crippen LogP contribution in [0.1, 0.15) is 32.3 Å². The summed E-state index contributed by atoms with van der Waals surface area (Å²) in [7, 11) is 0. The van der Waals surface area contributed by atoms with Gasteiger partial charge in [0.15, 0.2) is 0 Å². The van der Waals surface area contributed by atoms with Crippen molar-refractivity contribution in [3.63, 3.8) is 0 Å². The molecule has 94 valence electrons. The van der Waals surface area contributed by atoms with Crippen molar-refractivity contribution in [2.24, 2.45) is 0 Å². The molecule has 17 heavy (non-hydrogen) atoms. The highest BCUT2D eigenvalue weighted by Crippen LogP contribution is 2.18. The zero-order chi connectivity index (χ0) is 12.5. The van der Waals surface area contributed by atoms with Gasteiger partial charge in [-0.1, -0.05) is 31.5 Å². The third-order valence-corrected chi connectivity index (χ3v) is 2.37. The van der Waals surface area contributed by atoms with Gasteiger partial charge in [-0.25, -0.2) is 0 Å². The molecule has 0 aliphatic heterocycles. The molecule has 0 aliphatic carbocycles. The smallest absolute Gasteiger partial charge is 0.310 e. The summed E-state index contributed by atoms with van der Waals surface area (Å²) in [6.45, 7) is 5.10. The van der Waals surface area contributed by atoms with E-state index in [0.717, 1.165) is 24.2 Å². The van der Waals surface area contributed by atoms with Crippen molar-refractivity contribution < 1.29 is 14.3 Å². The largest absolute Gasteiger partial charge is 0.494 e. The van der Waals surface area contributed by atoms with Crippen LogP contribution >= 0.6 is 0 Å². The van der Waals surface area contributed by atoms with Crippen molar-refractivity contribution in [2.45, 2.75) is 33.1 Å². The molecule has 0 bridgehead atoms. The van der Waals surface area contributed by atoms with Crippen LogP contribution in [0, 0.1) is 0 Å². The van der Waals surface area contributed by atoms with Gasteiger partial charge in [-0.05, 0) is 19.4 Å². The van der Waals surface area contributed by atoms with Crippen molar-refractivity contribution >= 4 is 5.97 Å². The molecule has 0 aliphatic rings. The number of ether oxygens (including phenoxy) is 2. The third-order valence-electron chi connectivity index (χ3n) is 2.37. The first-order chi connectivity index (χ1) is 8.27. The molecule has 0 saturated carbocycles. The summed E-state index contributed by atoms with van der Waals surface area (Å²) < 4.78 is 10.6. The van der Waals surface area contributed by atoms with E-state index in [4.69, 9.17) is 9.47 Å². The standard InChI is InChI=1S/C14H20O3/c1-3-5-10-17-14(15)11-12-8-6-7-9-13(12)16-4-2/h6-9H,3-5,10-11H2,1-2H3. The topological polar surface area (TPSA) is 35.5 Å².